The fourth-order valence-corrected chi connectivity index (χ4v) is 4.79. The summed E-state index contributed by atoms with van der Waals surface area (Å²) in [5.41, 5.74) is 0.797. The second-order valence-electron chi connectivity index (χ2n) is 8.73. The van der Waals surface area contributed by atoms with Gasteiger partial charge in [-0.2, -0.15) is 0 Å². The molecule has 1 saturated heterocycles. The summed E-state index contributed by atoms with van der Waals surface area (Å²) in [6, 6.07) is 6.08. The Morgan fingerprint density at radius 2 is 1.75 bits per heavy atom. The number of likely N-dealkylation sites (tertiary alicyclic amines) is 1. The van der Waals surface area contributed by atoms with Gasteiger partial charge in [0.25, 0.3) is 4.84 Å². The monoisotopic (exact) mass is 459 g/mol. The zero-order valence-corrected chi connectivity index (χ0v) is 18.9. The van der Waals surface area contributed by atoms with Crippen LogP contribution in [0.5, 0.6) is 11.5 Å². The quantitative estimate of drug-likeness (QED) is 0.659. The summed E-state index contributed by atoms with van der Waals surface area (Å²) in [6.45, 7) is 2.52. The van der Waals surface area contributed by atoms with Crippen LogP contribution >= 0.6 is 12.2 Å². The largest absolute Gasteiger partial charge is 0.454 e. The molecule has 5 rings (SSSR count). The van der Waals surface area contributed by atoms with Crippen LogP contribution in [0.2, 0.25) is 0 Å². The standard InChI is InChI=1S/C22H29N5O4S/c28-21(23-16-4-2-1-3-5-16)24-17-8-10-26(11-9-17)13-27-22(32)31-20(25-27)15-6-7-18-19(12-15)30-14-29-18/h6-7,12,16-17H,1-5,8-11,13-14H2,(H2,23,24,28). The van der Waals surface area contributed by atoms with Crippen LogP contribution in [0.25, 0.3) is 11.5 Å². The molecule has 10 heteroatoms. The van der Waals surface area contributed by atoms with Gasteiger partial charge < -0.3 is 24.5 Å². The number of fused-ring (bicyclic) bond motifs is 1. The lowest BCUT2D eigenvalue weighted by atomic mass is 9.96. The van der Waals surface area contributed by atoms with Crippen LogP contribution in [0.3, 0.4) is 0 Å². The Kier molecular flexibility index (Phi) is 6.31. The van der Waals surface area contributed by atoms with Crippen LogP contribution in [-0.4, -0.2) is 52.7 Å². The summed E-state index contributed by atoms with van der Waals surface area (Å²) in [5, 5.41) is 10.8. The number of nitrogens with zero attached hydrogens (tertiary/aromatic N) is 3. The number of carbonyl (C=O) groups excluding carboxylic acids is 1. The van der Waals surface area contributed by atoms with E-state index < -0.39 is 0 Å². The average Bonchev–Trinajstić information content (AvgIpc) is 3.42. The third kappa shape index (κ3) is 4.91. The van der Waals surface area contributed by atoms with Crippen molar-refractivity contribution in [3.05, 3.63) is 23.0 Å². The normalized spacial score (nSPS) is 19.8. The molecule has 32 heavy (non-hydrogen) atoms. The fourth-order valence-electron chi connectivity index (χ4n) is 4.61. The van der Waals surface area contributed by atoms with Gasteiger partial charge >= 0.3 is 6.03 Å². The van der Waals surface area contributed by atoms with E-state index in [4.69, 9.17) is 26.1 Å². The number of urea groups is 1. The van der Waals surface area contributed by atoms with Crippen molar-refractivity contribution in [3.63, 3.8) is 0 Å². The van der Waals surface area contributed by atoms with Crippen molar-refractivity contribution in [2.24, 2.45) is 0 Å². The summed E-state index contributed by atoms with van der Waals surface area (Å²) < 4.78 is 18.2. The van der Waals surface area contributed by atoms with E-state index in [2.05, 4.69) is 20.6 Å². The molecule has 3 aliphatic rings. The maximum atomic E-state index is 12.3. The van der Waals surface area contributed by atoms with Crippen molar-refractivity contribution in [1.29, 1.82) is 0 Å². The third-order valence-electron chi connectivity index (χ3n) is 6.42. The van der Waals surface area contributed by atoms with E-state index in [1.54, 1.807) is 4.68 Å². The van der Waals surface area contributed by atoms with Crippen LogP contribution in [0.4, 0.5) is 4.79 Å². The van der Waals surface area contributed by atoms with Crippen LogP contribution in [0.15, 0.2) is 22.6 Å². The predicted molar refractivity (Wildman–Crippen MR) is 120 cm³/mol. The molecule has 0 bridgehead atoms. The van der Waals surface area contributed by atoms with Crippen molar-refractivity contribution in [2.45, 2.75) is 63.7 Å². The van der Waals surface area contributed by atoms with E-state index in [0.29, 0.717) is 29.2 Å². The summed E-state index contributed by atoms with van der Waals surface area (Å²) >= 11 is 5.38. The smallest absolute Gasteiger partial charge is 0.315 e. The highest BCUT2D eigenvalue weighted by atomic mass is 32.1. The van der Waals surface area contributed by atoms with Crippen molar-refractivity contribution < 1.29 is 18.7 Å². The lowest BCUT2D eigenvalue weighted by Gasteiger charge is -2.32. The first kappa shape index (κ1) is 21.3. The molecule has 0 radical (unpaired) electrons. The molecule has 1 aliphatic carbocycles. The maximum absolute atomic E-state index is 12.3. The zero-order valence-electron chi connectivity index (χ0n) is 18.0. The van der Waals surface area contributed by atoms with Gasteiger partial charge in [-0.25, -0.2) is 9.48 Å². The van der Waals surface area contributed by atoms with Gasteiger partial charge in [0.2, 0.25) is 12.7 Å². The molecule has 2 aromatic rings. The molecule has 0 spiro atoms. The number of hydrogen-bond acceptors (Lipinski definition) is 7. The van der Waals surface area contributed by atoms with Crippen molar-refractivity contribution in [2.75, 3.05) is 19.9 Å². The first-order chi connectivity index (χ1) is 15.6. The van der Waals surface area contributed by atoms with E-state index >= 15 is 0 Å². The van der Waals surface area contributed by atoms with Crippen molar-refractivity contribution in [3.8, 4) is 23.0 Å². The SMILES string of the molecule is O=C(NC1CCCCC1)NC1CCN(Cn2nc(-c3ccc4c(c3)OCO4)oc2=S)CC1. The molecule has 0 atom stereocenters. The van der Waals surface area contributed by atoms with E-state index in [9.17, 15) is 4.79 Å². The molecule has 3 heterocycles. The second kappa shape index (κ2) is 9.50. The number of hydrogen-bond donors (Lipinski definition) is 2. The summed E-state index contributed by atoms with van der Waals surface area (Å²) in [7, 11) is 0. The van der Waals surface area contributed by atoms with Gasteiger partial charge in [0, 0.05) is 30.7 Å². The van der Waals surface area contributed by atoms with E-state index in [-0.39, 0.29) is 18.9 Å². The Balaban J connectivity index is 1.12. The van der Waals surface area contributed by atoms with Crippen LogP contribution in [0.1, 0.15) is 44.9 Å². The summed E-state index contributed by atoms with van der Waals surface area (Å²) in [6.07, 6.45) is 7.70. The van der Waals surface area contributed by atoms with Crippen LogP contribution < -0.4 is 20.1 Å². The number of aromatic nitrogens is 2. The van der Waals surface area contributed by atoms with E-state index in [1.807, 2.05) is 18.2 Å². The number of piperidine rings is 1. The highest BCUT2D eigenvalue weighted by Crippen LogP contribution is 2.35. The van der Waals surface area contributed by atoms with Crippen molar-refractivity contribution in [1.82, 2.24) is 25.3 Å². The van der Waals surface area contributed by atoms with Crippen LogP contribution in [0, 0.1) is 4.84 Å². The number of nitrogens with one attached hydrogen (secondary N) is 2. The van der Waals surface area contributed by atoms with E-state index in [0.717, 1.165) is 50.1 Å². The molecule has 172 valence electrons. The molecular weight excluding hydrogens is 430 g/mol. The number of ether oxygens (including phenoxy) is 2. The number of rotatable bonds is 5. The van der Waals surface area contributed by atoms with E-state index in [1.165, 1.54) is 19.3 Å². The van der Waals surface area contributed by atoms with Gasteiger partial charge in [-0.05, 0) is 56.1 Å². The Morgan fingerprint density at radius 3 is 2.53 bits per heavy atom. The Bertz CT molecular complexity index is 1010. The molecule has 1 aromatic carbocycles. The molecule has 9 nitrogen and oxygen atoms in total. The average molecular weight is 460 g/mol. The summed E-state index contributed by atoms with van der Waals surface area (Å²) in [5.74, 6) is 1.86. The molecule has 2 aliphatic heterocycles. The van der Waals surface area contributed by atoms with Gasteiger partial charge in [0.15, 0.2) is 11.5 Å². The van der Waals surface area contributed by atoms with Gasteiger partial charge in [0.05, 0.1) is 6.67 Å². The number of benzene rings is 1. The molecule has 2 amide bonds. The van der Waals surface area contributed by atoms with Gasteiger partial charge in [0.1, 0.15) is 0 Å². The number of carbonyl (C=O) groups is 1. The Labute approximate surface area is 192 Å². The minimum absolute atomic E-state index is 0.0255. The maximum Gasteiger partial charge on any atom is 0.315 e. The zero-order chi connectivity index (χ0) is 21.9. The first-order valence-electron chi connectivity index (χ1n) is 11.4. The Morgan fingerprint density at radius 1 is 1.03 bits per heavy atom. The predicted octanol–water partition coefficient (Wildman–Crippen LogP) is 3.66. The van der Waals surface area contributed by atoms with Gasteiger partial charge in [-0.1, -0.05) is 19.3 Å². The van der Waals surface area contributed by atoms with Gasteiger partial charge in [-0.15, -0.1) is 5.10 Å². The molecule has 2 N–H and O–H groups in total. The highest BCUT2D eigenvalue weighted by molar-refractivity contribution is 7.71. The van der Waals surface area contributed by atoms with Gasteiger partial charge in [-0.3, -0.25) is 4.90 Å². The molecule has 1 saturated carbocycles. The molecule has 2 fully saturated rings. The number of amides is 2. The summed E-state index contributed by atoms with van der Waals surface area (Å²) in [4.78, 5) is 14.9. The first-order valence-corrected chi connectivity index (χ1v) is 11.8. The highest BCUT2D eigenvalue weighted by Gasteiger charge is 2.23. The third-order valence-corrected chi connectivity index (χ3v) is 6.72. The molecule has 0 unspecified atom stereocenters. The fraction of sp³-hybridized carbons (Fsp3) is 0.591. The van der Waals surface area contributed by atoms with Crippen LogP contribution in [-0.2, 0) is 6.67 Å². The molecular formula is C22H29N5O4S. The Hall–Kier alpha value is -2.59. The lowest BCUT2D eigenvalue weighted by Crippen LogP contribution is -2.50. The second-order valence-corrected chi connectivity index (χ2v) is 9.08. The molecule has 1 aromatic heterocycles. The minimum Gasteiger partial charge on any atom is -0.454 e. The minimum atomic E-state index is -0.0255. The van der Waals surface area contributed by atoms with Crippen molar-refractivity contribution >= 4 is 18.2 Å². The lowest BCUT2D eigenvalue weighted by molar-refractivity contribution is 0.149. The topological polar surface area (TPSA) is 93.8 Å².